The Bertz CT molecular complexity index is 679. The van der Waals surface area contributed by atoms with Crippen LogP contribution in [-0.4, -0.2) is 15.0 Å². The van der Waals surface area contributed by atoms with E-state index in [4.69, 9.17) is 9.15 Å². The van der Waals surface area contributed by atoms with Crippen LogP contribution in [0.2, 0.25) is 0 Å². The highest BCUT2D eigenvalue weighted by Gasteiger charge is 2.07. The van der Waals surface area contributed by atoms with Crippen molar-refractivity contribution in [3.8, 4) is 0 Å². The van der Waals surface area contributed by atoms with Crippen LogP contribution in [0.3, 0.4) is 0 Å². The van der Waals surface area contributed by atoms with E-state index in [0.717, 1.165) is 11.2 Å². The summed E-state index contributed by atoms with van der Waals surface area (Å²) in [6.45, 7) is 0.609. The van der Waals surface area contributed by atoms with Crippen molar-refractivity contribution in [2.24, 2.45) is 0 Å². The molecule has 0 atom stereocenters. The number of ether oxygens (including phenoxy) is 1. The molecule has 0 fully saturated rings. The normalized spacial score (nSPS) is 10.8. The van der Waals surface area contributed by atoms with Gasteiger partial charge in [-0.2, -0.15) is 0 Å². The van der Waals surface area contributed by atoms with Crippen LogP contribution in [0, 0.1) is 0 Å². The van der Waals surface area contributed by atoms with Crippen molar-refractivity contribution in [3.63, 3.8) is 0 Å². The van der Waals surface area contributed by atoms with Crippen LogP contribution in [0.15, 0.2) is 75.3 Å². The van der Waals surface area contributed by atoms with Gasteiger partial charge in [0.15, 0.2) is 0 Å². The first-order valence-electron chi connectivity index (χ1n) is 6.00. The minimum Gasteiger partial charge on any atom is -0.467 e. The summed E-state index contributed by atoms with van der Waals surface area (Å²) in [4.78, 5) is 0.248. The van der Waals surface area contributed by atoms with Crippen LogP contribution in [0.1, 0.15) is 5.76 Å². The van der Waals surface area contributed by atoms with E-state index in [2.05, 4.69) is 5.73 Å². The topological polar surface area (TPSA) is 56.5 Å². The van der Waals surface area contributed by atoms with Gasteiger partial charge in [0.1, 0.15) is 12.4 Å². The third kappa shape index (κ3) is 4.24. The minimum atomic E-state index is -3.43. The number of rotatable bonds is 6. The summed E-state index contributed by atoms with van der Waals surface area (Å²) in [6.07, 6.45) is 3.09. The molecule has 4 nitrogen and oxygen atoms in total. The smallest absolute Gasteiger partial charge is 0.207 e. The molecule has 1 heterocycles. The Kier molecular flexibility index (Phi) is 4.96. The molecule has 5 heteroatoms. The van der Waals surface area contributed by atoms with Crippen molar-refractivity contribution in [1.29, 1.82) is 0 Å². The number of hydrogen-bond acceptors (Lipinski definition) is 4. The second kappa shape index (κ2) is 6.91. The molecular weight excluding hydrogens is 276 g/mol. The predicted molar refractivity (Wildman–Crippen MR) is 74.6 cm³/mol. The number of hydrogen-bond donors (Lipinski definition) is 0. The van der Waals surface area contributed by atoms with Crippen LogP contribution >= 0.6 is 0 Å². The van der Waals surface area contributed by atoms with Crippen molar-refractivity contribution in [1.82, 2.24) is 0 Å². The van der Waals surface area contributed by atoms with Gasteiger partial charge in [-0.05, 0) is 30.3 Å². The highest BCUT2D eigenvalue weighted by molar-refractivity contribution is 7.94. The van der Waals surface area contributed by atoms with E-state index < -0.39 is 9.84 Å². The zero-order valence-electron chi connectivity index (χ0n) is 10.7. The fourth-order valence-electron chi connectivity index (χ4n) is 1.48. The van der Waals surface area contributed by atoms with Gasteiger partial charge in [-0.25, -0.2) is 8.42 Å². The summed E-state index contributed by atoms with van der Waals surface area (Å²) in [6, 6.07) is 11.8. The monoisotopic (exact) mass is 290 g/mol. The average Bonchev–Trinajstić information content (AvgIpc) is 2.97. The van der Waals surface area contributed by atoms with Gasteiger partial charge in [0.05, 0.1) is 23.2 Å². The molecular formula is C15H14O4S. The fourth-order valence-corrected chi connectivity index (χ4v) is 2.43. The standard InChI is InChI=1S/C15H14O4S/c16-20(17,15-8-2-1-3-9-15)12-5-4-10-18-13-14-7-6-11-19-14/h1-4,6-9,11-12H,10,13H2. The molecule has 0 bridgehead atoms. The van der Waals surface area contributed by atoms with Crippen LogP contribution in [-0.2, 0) is 21.2 Å². The first kappa shape index (κ1) is 14.3. The molecule has 0 N–H and O–H groups in total. The molecule has 2 aromatic rings. The van der Waals surface area contributed by atoms with Crippen molar-refractivity contribution < 1.29 is 17.6 Å². The van der Waals surface area contributed by atoms with Gasteiger partial charge in [0.25, 0.3) is 0 Å². The third-order valence-electron chi connectivity index (χ3n) is 2.44. The molecule has 2 rings (SSSR count). The number of benzene rings is 1. The van der Waals surface area contributed by atoms with E-state index in [-0.39, 0.29) is 11.5 Å². The van der Waals surface area contributed by atoms with Gasteiger partial charge < -0.3 is 9.15 Å². The maximum atomic E-state index is 11.9. The Labute approximate surface area is 117 Å². The summed E-state index contributed by atoms with van der Waals surface area (Å²) in [5, 5.41) is 1.04. The third-order valence-corrected chi connectivity index (χ3v) is 3.81. The summed E-state index contributed by atoms with van der Waals surface area (Å²) in [5.41, 5.74) is 2.61. The summed E-state index contributed by atoms with van der Waals surface area (Å²) in [5.74, 6) is 0.722. The Hall–Kier alpha value is -2.07. The van der Waals surface area contributed by atoms with Gasteiger partial charge in [-0.1, -0.05) is 18.2 Å². The van der Waals surface area contributed by atoms with Crippen LogP contribution < -0.4 is 0 Å². The molecule has 0 aliphatic carbocycles. The van der Waals surface area contributed by atoms with Crippen molar-refractivity contribution >= 4 is 9.84 Å². The Morgan fingerprint density at radius 2 is 1.95 bits per heavy atom. The van der Waals surface area contributed by atoms with E-state index in [1.54, 1.807) is 48.7 Å². The van der Waals surface area contributed by atoms with E-state index in [1.807, 2.05) is 0 Å². The van der Waals surface area contributed by atoms with Crippen molar-refractivity contribution in [2.45, 2.75) is 11.5 Å². The zero-order chi connectivity index (χ0) is 14.3. The van der Waals surface area contributed by atoms with Crippen LogP contribution in [0.4, 0.5) is 0 Å². The maximum absolute atomic E-state index is 11.9. The molecule has 20 heavy (non-hydrogen) atoms. The van der Waals surface area contributed by atoms with Crippen molar-refractivity contribution in [2.75, 3.05) is 6.61 Å². The summed E-state index contributed by atoms with van der Waals surface area (Å²) >= 11 is 0. The quantitative estimate of drug-likeness (QED) is 0.606. The van der Waals surface area contributed by atoms with Crippen molar-refractivity contribution in [3.05, 3.63) is 71.7 Å². The summed E-state index contributed by atoms with van der Waals surface area (Å²) < 4.78 is 34.1. The molecule has 0 saturated heterocycles. The Morgan fingerprint density at radius 3 is 2.65 bits per heavy atom. The number of sulfone groups is 1. The SMILES string of the molecule is O=S(=O)(C=C=CCOCc1ccco1)c1ccccc1. The maximum Gasteiger partial charge on any atom is 0.207 e. The molecule has 1 aromatic heterocycles. The predicted octanol–water partition coefficient (Wildman–Crippen LogP) is 2.94. The molecule has 0 saturated carbocycles. The lowest BCUT2D eigenvalue weighted by Gasteiger charge is -1.96. The lowest BCUT2D eigenvalue weighted by atomic mass is 10.4. The zero-order valence-corrected chi connectivity index (χ0v) is 11.5. The highest BCUT2D eigenvalue weighted by atomic mass is 32.2. The van der Waals surface area contributed by atoms with E-state index >= 15 is 0 Å². The first-order chi connectivity index (χ1) is 9.68. The van der Waals surface area contributed by atoms with Gasteiger partial charge in [0.2, 0.25) is 9.84 Å². The molecule has 0 amide bonds. The lowest BCUT2D eigenvalue weighted by molar-refractivity contribution is 0.131. The first-order valence-corrected chi connectivity index (χ1v) is 7.54. The fraction of sp³-hybridized carbons (Fsp3) is 0.133. The second-order valence-electron chi connectivity index (χ2n) is 3.94. The molecule has 0 unspecified atom stereocenters. The van der Waals surface area contributed by atoms with E-state index in [1.165, 1.54) is 6.08 Å². The largest absolute Gasteiger partial charge is 0.467 e. The highest BCUT2D eigenvalue weighted by Crippen LogP contribution is 2.10. The lowest BCUT2D eigenvalue weighted by Crippen LogP contribution is -1.94. The molecule has 0 aliphatic heterocycles. The number of furan rings is 1. The molecule has 0 radical (unpaired) electrons. The van der Waals surface area contributed by atoms with E-state index in [0.29, 0.717) is 6.61 Å². The molecule has 0 aliphatic rings. The molecule has 0 spiro atoms. The van der Waals surface area contributed by atoms with Gasteiger partial charge in [0, 0.05) is 0 Å². The second-order valence-corrected chi connectivity index (χ2v) is 5.74. The Morgan fingerprint density at radius 1 is 1.15 bits per heavy atom. The average molecular weight is 290 g/mol. The molecule has 1 aromatic carbocycles. The summed E-state index contributed by atoms with van der Waals surface area (Å²) in [7, 11) is -3.43. The van der Waals surface area contributed by atoms with Gasteiger partial charge >= 0.3 is 0 Å². The van der Waals surface area contributed by atoms with Crippen LogP contribution in [0.5, 0.6) is 0 Å². The molecule has 104 valence electrons. The van der Waals surface area contributed by atoms with Gasteiger partial charge in [-0.3, -0.25) is 0 Å². The van der Waals surface area contributed by atoms with Crippen LogP contribution in [0.25, 0.3) is 0 Å². The minimum absolute atomic E-state index is 0.248. The van der Waals surface area contributed by atoms with E-state index in [9.17, 15) is 8.42 Å². The Balaban J connectivity index is 1.87. The van der Waals surface area contributed by atoms with Gasteiger partial charge in [-0.15, -0.1) is 5.73 Å².